The summed E-state index contributed by atoms with van der Waals surface area (Å²) in [5.74, 6) is 1.14. The zero-order valence-corrected chi connectivity index (χ0v) is 18.3. The lowest BCUT2D eigenvalue weighted by Crippen LogP contribution is -2.40. The van der Waals surface area contributed by atoms with Gasteiger partial charge < -0.3 is 14.8 Å². The van der Waals surface area contributed by atoms with Gasteiger partial charge in [-0.15, -0.1) is 0 Å². The molecule has 5 rings (SSSR count). The summed E-state index contributed by atoms with van der Waals surface area (Å²) in [6.07, 6.45) is 6.84. The van der Waals surface area contributed by atoms with Crippen molar-refractivity contribution in [2.75, 3.05) is 18.0 Å². The Morgan fingerprint density at radius 2 is 1.81 bits per heavy atom. The minimum atomic E-state index is -0.0849. The lowest BCUT2D eigenvalue weighted by atomic mass is 9.95. The number of fused-ring (bicyclic) bond motifs is 1. The molecule has 2 atom stereocenters. The second-order valence-electron chi connectivity index (χ2n) is 9.02. The van der Waals surface area contributed by atoms with Crippen LogP contribution in [0.1, 0.15) is 63.0 Å². The summed E-state index contributed by atoms with van der Waals surface area (Å²) in [6, 6.07) is 19.3. The van der Waals surface area contributed by atoms with Gasteiger partial charge >= 0.3 is 0 Å². The molecule has 0 radical (unpaired) electrons. The average Bonchev–Trinajstić information content (AvgIpc) is 3.54. The fourth-order valence-electron chi connectivity index (χ4n) is 5.40. The van der Waals surface area contributed by atoms with Gasteiger partial charge in [0.15, 0.2) is 0 Å². The first-order valence-electron chi connectivity index (χ1n) is 11.8. The number of nitrogens with zero attached hydrogens (tertiary/aromatic N) is 3. The molecule has 3 aromatic rings. The number of carbonyl (C=O) groups is 1. The van der Waals surface area contributed by atoms with Gasteiger partial charge in [0.25, 0.3) is 0 Å². The highest BCUT2D eigenvalue weighted by molar-refractivity contribution is 5.84. The zero-order chi connectivity index (χ0) is 21.2. The van der Waals surface area contributed by atoms with Crippen molar-refractivity contribution in [1.82, 2.24) is 14.9 Å². The van der Waals surface area contributed by atoms with Crippen LogP contribution in [0.3, 0.4) is 0 Å². The molecular formula is C26H32N4O. The van der Waals surface area contributed by atoms with Crippen LogP contribution >= 0.6 is 0 Å². The number of aromatic nitrogens is 2. The molecule has 5 nitrogen and oxygen atoms in total. The molecule has 5 heteroatoms. The smallest absolute Gasteiger partial charge is 0.227 e. The number of benzene rings is 2. The highest BCUT2D eigenvalue weighted by atomic mass is 16.2. The molecule has 2 heterocycles. The first-order valence-corrected chi connectivity index (χ1v) is 11.8. The van der Waals surface area contributed by atoms with E-state index in [1.165, 1.54) is 31.2 Å². The molecule has 1 saturated carbocycles. The minimum Gasteiger partial charge on any atom is -0.351 e. The lowest BCUT2D eigenvalue weighted by Gasteiger charge is -2.24. The second kappa shape index (κ2) is 8.74. The van der Waals surface area contributed by atoms with Crippen molar-refractivity contribution in [3.8, 4) is 0 Å². The molecule has 2 aromatic carbocycles. The van der Waals surface area contributed by atoms with Crippen molar-refractivity contribution in [2.45, 2.75) is 63.5 Å². The van der Waals surface area contributed by atoms with Gasteiger partial charge in [0.2, 0.25) is 11.9 Å². The summed E-state index contributed by atoms with van der Waals surface area (Å²) < 4.78 is 2.48. The maximum absolute atomic E-state index is 13.0. The van der Waals surface area contributed by atoms with Crippen LogP contribution in [0, 0.1) is 0 Å². The fraction of sp³-hybridized carbons (Fsp3) is 0.462. The number of nitrogens with one attached hydrogen (secondary N) is 1. The Morgan fingerprint density at radius 1 is 1.06 bits per heavy atom. The molecule has 1 aliphatic heterocycles. The highest BCUT2D eigenvalue weighted by Gasteiger charge is 2.31. The average molecular weight is 417 g/mol. The summed E-state index contributed by atoms with van der Waals surface area (Å²) in [5, 5.41) is 3.33. The van der Waals surface area contributed by atoms with Crippen LogP contribution in [-0.2, 0) is 4.79 Å². The molecule has 0 spiro atoms. The van der Waals surface area contributed by atoms with E-state index in [1.807, 2.05) is 18.2 Å². The van der Waals surface area contributed by atoms with E-state index in [9.17, 15) is 4.79 Å². The number of imidazole rings is 1. The number of rotatable bonds is 6. The van der Waals surface area contributed by atoms with Gasteiger partial charge in [-0.05, 0) is 43.4 Å². The van der Waals surface area contributed by atoms with Gasteiger partial charge in [-0.2, -0.15) is 0 Å². The van der Waals surface area contributed by atoms with Crippen LogP contribution in [0.2, 0.25) is 0 Å². The lowest BCUT2D eigenvalue weighted by molar-refractivity contribution is -0.123. The van der Waals surface area contributed by atoms with Gasteiger partial charge in [0, 0.05) is 25.2 Å². The molecule has 1 aliphatic carbocycles. The second-order valence-corrected chi connectivity index (χ2v) is 9.02. The highest BCUT2D eigenvalue weighted by Crippen LogP contribution is 2.37. The van der Waals surface area contributed by atoms with Crippen LogP contribution in [0.25, 0.3) is 11.0 Å². The third-order valence-electron chi connectivity index (χ3n) is 7.01. The summed E-state index contributed by atoms with van der Waals surface area (Å²) in [4.78, 5) is 20.4. The first-order chi connectivity index (χ1) is 15.2. The number of hydrogen-bond donors (Lipinski definition) is 1. The standard InChI is InChI=1S/C26H32N4O/c1-2-22(19-10-4-3-5-11-19)25(31)27-20-16-17-29(18-20)26-28-23-14-8-9-15-24(23)30(26)21-12-6-7-13-21/h3-5,8-11,14-15,20-22H,2,6-7,12-13,16-18H2,1H3,(H,27,31). The molecule has 31 heavy (non-hydrogen) atoms. The van der Waals surface area contributed by atoms with Gasteiger partial charge in [0.1, 0.15) is 0 Å². The zero-order valence-electron chi connectivity index (χ0n) is 18.3. The molecule has 2 fully saturated rings. The molecule has 2 aliphatic rings. The van der Waals surface area contributed by atoms with Gasteiger partial charge in [-0.1, -0.05) is 62.2 Å². The Labute approximate surface area is 184 Å². The van der Waals surface area contributed by atoms with Crippen molar-refractivity contribution in [3.05, 3.63) is 60.2 Å². The summed E-state index contributed by atoms with van der Waals surface area (Å²) >= 11 is 0. The van der Waals surface area contributed by atoms with Crippen LogP contribution in [0.15, 0.2) is 54.6 Å². The molecular weight excluding hydrogens is 384 g/mol. The molecule has 1 aromatic heterocycles. The number of hydrogen-bond acceptors (Lipinski definition) is 3. The van der Waals surface area contributed by atoms with E-state index in [0.717, 1.165) is 43.0 Å². The molecule has 2 unspecified atom stereocenters. The van der Waals surface area contributed by atoms with Crippen molar-refractivity contribution < 1.29 is 4.79 Å². The van der Waals surface area contributed by atoms with Gasteiger partial charge in [0.05, 0.1) is 17.0 Å². The number of anilines is 1. The third kappa shape index (κ3) is 3.93. The number of amides is 1. The topological polar surface area (TPSA) is 50.2 Å². The van der Waals surface area contributed by atoms with Crippen LogP contribution in [-0.4, -0.2) is 34.6 Å². The molecule has 0 bridgehead atoms. The Hall–Kier alpha value is -2.82. The summed E-state index contributed by atoms with van der Waals surface area (Å²) in [5.41, 5.74) is 3.42. The van der Waals surface area contributed by atoms with Crippen molar-refractivity contribution in [3.63, 3.8) is 0 Å². The molecule has 1 amide bonds. The quantitative estimate of drug-likeness (QED) is 0.612. The van der Waals surface area contributed by atoms with E-state index in [2.05, 4.69) is 58.1 Å². The van der Waals surface area contributed by atoms with Gasteiger partial charge in [-0.3, -0.25) is 4.79 Å². The Morgan fingerprint density at radius 3 is 2.58 bits per heavy atom. The largest absolute Gasteiger partial charge is 0.351 e. The van der Waals surface area contributed by atoms with Crippen LogP contribution in [0.4, 0.5) is 5.95 Å². The third-order valence-corrected chi connectivity index (χ3v) is 7.01. The van der Waals surface area contributed by atoms with E-state index < -0.39 is 0 Å². The predicted octanol–water partition coefficient (Wildman–Crippen LogP) is 5.04. The maximum atomic E-state index is 13.0. The van der Waals surface area contributed by atoms with Crippen molar-refractivity contribution in [1.29, 1.82) is 0 Å². The maximum Gasteiger partial charge on any atom is 0.227 e. The predicted molar refractivity (Wildman–Crippen MR) is 125 cm³/mol. The summed E-state index contributed by atoms with van der Waals surface area (Å²) in [7, 11) is 0. The Kier molecular flexibility index (Phi) is 5.66. The van der Waals surface area contributed by atoms with Gasteiger partial charge in [-0.25, -0.2) is 4.98 Å². The minimum absolute atomic E-state index is 0.0849. The van der Waals surface area contributed by atoms with E-state index in [4.69, 9.17) is 4.98 Å². The molecule has 162 valence electrons. The van der Waals surface area contributed by atoms with E-state index in [1.54, 1.807) is 0 Å². The monoisotopic (exact) mass is 416 g/mol. The fourth-order valence-corrected chi connectivity index (χ4v) is 5.40. The Bertz CT molecular complexity index is 1040. The normalized spacial score (nSPS) is 20.4. The first kappa shape index (κ1) is 20.1. The van der Waals surface area contributed by atoms with Crippen molar-refractivity contribution in [2.24, 2.45) is 0 Å². The SMILES string of the molecule is CCC(C(=O)NC1CCN(c2nc3ccccc3n2C2CCCC2)C1)c1ccccc1. The number of carbonyl (C=O) groups excluding carboxylic acids is 1. The molecule has 1 N–H and O–H groups in total. The van der Waals surface area contributed by atoms with Crippen LogP contribution in [0.5, 0.6) is 0 Å². The van der Waals surface area contributed by atoms with Crippen LogP contribution < -0.4 is 10.2 Å². The van der Waals surface area contributed by atoms with E-state index in [0.29, 0.717) is 6.04 Å². The molecule has 1 saturated heterocycles. The van der Waals surface area contributed by atoms with Crippen molar-refractivity contribution >= 4 is 22.9 Å². The van der Waals surface area contributed by atoms with E-state index >= 15 is 0 Å². The van der Waals surface area contributed by atoms with E-state index in [-0.39, 0.29) is 17.9 Å². The summed E-state index contributed by atoms with van der Waals surface area (Å²) in [6.45, 7) is 3.85. The Balaban J connectivity index is 1.33. The number of para-hydroxylation sites is 2.